The van der Waals surface area contributed by atoms with E-state index in [0.29, 0.717) is 18.8 Å². The molecule has 2 aliphatic rings. The van der Waals surface area contributed by atoms with E-state index in [-0.39, 0.29) is 35.0 Å². The monoisotopic (exact) mass is 576 g/mol. The third-order valence-electron chi connectivity index (χ3n) is 7.74. The summed E-state index contributed by atoms with van der Waals surface area (Å²) in [4.78, 5) is 54.6. The summed E-state index contributed by atoms with van der Waals surface area (Å²) in [5.41, 5.74) is -0.130. The summed E-state index contributed by atoms with van der Waals surface area (Å²) in [7, 11) is 1.40. The molecule has 0 aromatic carbocycles. The molecule has 1 saturated carbocycles. The summed E-state index contributed by atoms with van der Waals surface area (Å²) in [6.07, 6.45) is 8.54. The largest absolute Gasteiger partial charge is 0.493 e. The Bertz CT molecular complexity index is 1050. The molecule has 0 bridgehead atoms. The lowest BCUT2D eigenvalue weighted by Crippen LogP contribution is -2.47. The fourth-order valence-electron chi connectivity index (χ4n) is 5.56. The number of nitrogens with zero attached hydrogens (tertiary/aromatic N) is 1. The number of cyclic esters (lactones) is 1. The Labute approximate surface area is 242 Å². The molecular weight excluding hydrogens is 532 g/mol. The average Bonchev–Trinajstić information content (AvgIpc) is 3.44. The third-order valence-corrected chi connectivity index (χ3v) is 7.74. The molecule has 0 unspecified atom stereocenters. The number of pyridine rings is 1. The first-order valence-corrected chi connectivity index (χ1v) is 14.6. The van der Waals surface area contributed by atoms with Gasteiger partial charge in [0.2, 0.25) is 6.79 Å². The summed E-state index contributed by atoms with van der Waals surface area (Å²) in [6.45, 7) is 6.11. The van der Waals surface area contributed by atoms with Gasteiger partial charge in [-0.2, -0.15) is 0 Å². The van der Waals surface area contributed by atoms with Crippen LogP contribution in [0.4, 0.5) is 0 Å². The fraction of sp³-hybridized carbons (Fsp3) is 0.700. The van der Waals surface area contributed by atoms with Gasteiger partial charge in [0, 0.05) is 19.2 Å². The maximum atomic E-state index is 13.4. The Morgan fingerprint density at radius 1 is 1.10 bits per heavy atom. The first kappa shape index (κ1) is 32.1. The van der Waals surface area contributed by atoms with Crippen molar-refractivity contribution in [2.45, 2.75) is 104 Å². The number of esters is 3. The van der Waals surface area contributed by atoms with Crippen LogP contribution in [-0.4, -0.2) is 61.0 Å². The van der Waals surface area contributed by atoms with E-state index in [0.717, 1.165) is 19.3 Å². The molecule has 2 heterocycles. The van der Waals surface area contributed by atoms with E-state index in [2.05, 4.69) is 10.3 Å². The summed E-state index contributed by atoms with van der Waals surface area (Å²) in [6, 6.07) is 0.548. The lowest BCUT2D eigenvalue weighted by molar-refractivity contribution is -0.176. The second kappa shape index (κ2) is 15.6. The van der Waals surface area contributed by atoms with E-state index in [1.54, 1.807) is 20.8 Å². The molecule has 1 aliphatic heterocycles. The topological polar surface area (TPSA) is 139 Å². The van der Waals surface area contributed by atoms with Crippen LogP contribution in [0.3, 0.4) is 0 Å². The fourth-order valence-corrected chi connectivity index (χ4v) is 5.56. The quantitative estimate of drug-likeness (QED) is 0.243. The van der Waals surface area contributed by atoms with E-state index >= 15 is 0 Å². The summed E-state index contributed by atoms with van der Waals surface area (Å²) < 4.78 is 27.4. The minimum atomic E-state index is -0.952. The molecule has 1 aliphatic carbocycles. The van der Waals surface area contributed by atoms with E-state index in [1.807, 2.05) is 0 Å². The standard InChI is InChI=1S/C30H44N2O9/c1-18(2)29(35)41-26-19(3)40-30(36)23(13-9-8-12-22(26)16-21-10-6-7-11-21)32-28(34)25-27(39-17-38-20(4)33)24(37-5)14-15-31-25/h14-15,18-19,21-23,26H,6-13,16-17H2,1-5H3,(H,32,34)/t19-,22+,23-,26-/m0/s1. The first-order valence-electron chi connectivity index (χ1n) is 14.6. The molecule has 1 N–H and O–H groups in total. The van der Waals surface area contributed by atoms with E-state index in [1.165, 1.54) is 52.0 Å². The average molecular weight is 577 g/mol. The Morgan fingerprint density at radius 3 is 2.44 bits per heavy atom. The Balaban J connectivity index is 1.77. The highest BCUT2D eigenvalue weighted by molar-refractivity contribution is 5.98. The lowest BCUT2D eigenvalue weighted by atomic mass is 9.83. The van der Waals surface area contributed by atoms with Crippen LogP contribution in [-0.2, 0) is 28.6 Å². The highest BCUT2D eigenvalue weighted by Gasteiger charge is 2.38. The van der Waals surface area contributed by atoms with Crippen molar-refractivity contribution in [2.75, 3.05) is 13.9 Å². The summed E-state index contributed by atoms with van der Waals surface area (Å²) in [5, 5.41) is 2.73. The molecular formula is C30H44N2O9. The Morgan fingerprint density at radius 2 is 1.78 bits per heavy atom. The number of carbonyl (C=O) groups is 4. The summed E-state index contributed by atoms with van der Waals surface area (Å²) >= 11 is 0. The second-order valence-corrected chi connectivity index (χ2v) is 11.2. The predicted octanol–water partition coefficient (Wildman–Crippen LogP) is 4.36. The number of aromatic nitrogens is 1. The van der Waals surface area contributed by atoms with Gasteiger partial charge in [0.1, 0.15) is 18.2 Å². The van der Waals surface area contributed by atoms with E-state index in [9.17, 15) is 19.2 Å². The number of hydrogen-bond acceptors (Lipinski definition) is 10. The molecule has 228 valence electrons. The maximum Gasteiger partial charge on any atom is 0.329 e. The number of amides is 1. The van der Waals surface area contributed by atoms with Crippen molar-refractivity contribution in [1.29, 1.82) is 0 Å². The van der Waals surface area contributed by atoms with Crippen molar-refractivity contribution < 1.29 is 42.9 Å². The molecule has 0 radical (unpaired) electrons. The molecule has 11 nitrogen and oxygen atoms in total. The zero-order chi connectivity index (χ0) is 29.9. The molecule has 11 heteroatoms. The van der Waals surface area contributed by atoms with Crippen LogP contribution in [0.5, 0.6) is 11.5 Å². The predicted molar refractivity (Wildman–Crippen MR) is 148 cm³/mol. The maximum absolute atomic E-state index is 13.4. The molecule has 4 atom stereocenters. The molecule has 1 aromatic rings. The lowest BCUT2D eigenvalue weighted by Gasteiger charge is -2.35. The Hall–Kier alpha value is -3.37. The second-order valence-electron chi connectivity index (χ2n) is 11.2. The van der Waals surface area contributed by atoms with Crippen LogP contribution < -0.4 is 14.8 Å². The van der Waals surface area contributed by atoms with Crippen molar-refractivity contribution in [2.24, 2.45) is 17.8 Å². The molecule has 0 spiro atoms. The van der Waals surface area contributed by atoms with Gasteiger partial charge in [0.25, 0.3) is 5.91 Å². The van der Waals surface area contributed by atoms with Crippen LogP contribution in [0.1, 0.15) is 96.0 Å². The number of methoxy groups -OCH3 is 1. The highest BCUT2D eigenvalue weighted by Crippen LogP contribution is 2.36. The first-order chi connectivity index (χ1) is 19.6. The van der Waals surface area contributed by atoms with Gasteiger partial charge in [-0.25, -0.2) is 9.78 Å². The summed E-state index contributed by atoms with van der Waals surface area (Å²) in [5.74, 6) is -1.59. The van der Waals surface area contributed by atoms with Crippen LogP contribution in [0.15, 0.2) is 12.3 Å². The molecule has 1 saturated heterocycles. The van der Waals surface area contributed by atoms with Crippen molar-refractivity contribution in [3.63, 3.8) is 0 Å². The van der Waals surface area contributed by atoms with Crippen molar-refractivity contribution >= 4 is 23.8 Å². The van der Waals surface area contributed by atoms with Crippen LogP contribution in [0, 0.1) is 17.8 Å². The SMILES string of the molecule is COc1ccnc(C(=O)N[C@H]2CCCC[C@H](CC3CCCC3)[C@@H](OC(=O)C(C)C)[C@H](C)OC2=O)c1OCOC(C)=O. The minimum Gasteiger partial charge on any atom is -0.493 e. The van der Waals surface area contributed by atoms with Gasteiger partial charge in [-0.3, -0.25) is 14.4 Å². The van der Waals surface area contributed by atoms with Crippen LogP contribution in [0.25, 0.3) is 0 Å². The molecule has 2 fully saturated rings. The zero-order valence-electron chi connectivity index (χ0n) is 24.8. The molecule has 1 aromatic heterocycles. The van der Waals surface area contributed by atoms with Gasteiger partial charge >= 0.3 is 17.9 Å². The van der Waals surface area contributed by atoms with Crippen LogP contribution >= 0.6 is 0 Å². The molecule has 1 amide bonds. The smallest absolute Gasteiger partial charge is 0.329 e. The Kier molecular flexibility index (Phi) is 12.2. The van der Waals surface area contributed by atoms with E-state index < -0.39 is 42.9 Å². The van der Waals surface area contributed by atoms with Crippen molar-refractivity contribution in [3.05, 3.63) is 18.0 Å². The van der Waals surface area contributed by atoms with E-state index in [4.69, 9.17) is 23.7 Å². The van der Waals surface area contributed by atoms with Gasteiger partial charge in [-0.15, -0.1) is 0 Å². The van der Waals surface area contributed by atoms with Gasteiger partial charge in [-0.05, 0) is 38.0 Å². The number of hydrogen-bond donors (Lipinski definition) is 1. The van der Waals surface area contributed by atoms with Gasteiger partial charge in [0.05, 0.1) is 13.0 Å². The number of rotatable bonds is 10. The number of carbonyl (C=O) groups excluding carboxylic acids is 4. The molecule has 3 rings (SSSR count). The van der Waals surface area contributed by atoms with Gasteiger partial charge < -0.3 is 29.0 Å². The van der Waals surface area contributed by atoms with Crippen molar-refractivity contribution in [3.8, 4) is 11.5 Å². The number of ether oxygens (including phenoxy) is 5. The number of nitrogens with one attached hydrogen (secondary N) is 1. The normalized spacial score (nSPS) is 23.8. The molecule has 41 heavy (non-hydrogen) atoms. The minimum absolute atomic E-state index is 0.0224. The van der Waals surface area contributed by atoms with Gasteiger partial charge in [0.15, 0.2) is 17.2 Å². The van der Waals surface area contributed by atoms with Crippen LogP contribution in [0.2, 0.25) is 0 Å². The zero-order valence-corrected chi connectivity index (χ0v) is 24.8. The highest BCUT2D eigenvalue weighted by atomic mass is 16.7. The third kappa shape index (κ3) is 9.33. The van der Waals surface area contributed by atoms with Crippen molar-refractivity contribution in [1.82, 2.24) is 10.3 Å². The van der Waals surface area contributed by atoms with Gasteiger partial charge in [-0.1, -0.05) is 52.4 Å².